The van der Waals surface area contributed by atoms with E-state index in [9.17, 15) is 0 Å². The van der Waals surface area contributed by atoms with Crippen LogP contribution in [-0.4, -0.2) is 12.4 Å². The lowest BCUT2D eigenvalue weighted by molar-refractivity contribution is 1.16. The van der Waals surface area contributed by atoms with Gasteiger partial charge in [0.25, 0.3) is 0 Å². The highest BCUT2D eigenvalue weighted by molar-refractivity contribution is 5.72. The Labute approximate surface area is 104 Å². The molecule has 0 rings (SSSR count). The van der Waals surface area contributed by atoms with Gasteiger partial charge < -0.3 is 0 Å². The van der Waals surface area contributed by atoms with Gasteiger partial charge in [0, 0.05) is 18.0 Å². The van der Waals surface area contributed by atoms with E-state index >= 15 is 0 Å². The summed E-state index contributed by atoms with van der Waals surface area (Å²) in [6, 6.07) is 0. The standard InChI is InChI=1S/C15H20N2/c1-7-11-17-14(12(5)6)15(16-10-4)13(8-2)9-3/h7-11H,1-3H2,4-6H3/b16-10-,17-11-. The molecule has 0 aliphatic heterocycles. The molecule has 0 radical (unpaired) electrons. The van der Waals surface area contributed by atoms with E-state index in [0.29, 0.717) is 0 Å². The van der Waals surface area contributed by atoms with E-state index in [1.165, 1.54) is 0 Å². The van der Waals surface area contributed by atoms with Crippen molar-refractivity contribution in [2.24, 2.45) is 9.98 Å². The zero-order valence-corrected chi connectivity index (χ0v) is 10.9. The number of allylic oxidation sites excluding steroid dienone is 5. The third kappa shape index (κ3) is 4.60. The molecule has 0 saturated heterocycles. The van der Waals surface area contributed by atoms with E-state index in [1.807, 2.05) is 20.8 Å². The van der Waals surface area contributed by atoms with Gasteiger partial charge in [-0.3, -0.25) is 9.98 Å². The third-order valence-electron chi connectivity index (χ3n) is 1.98. The van der Waals surface area contributed by atoms with E-state index in [4.69, 9.17) is 0 Å². The molecule has 0 aliphatic rings. The molecular weight excluding hydrogens is 208 g/mol. The zero-order chi connectivity index (χ0) is 13.3. The molecule has 0 spiro atoms. The summed E-state index contributed by atoms with van der Waals surface area (Å²) in [4.78, 5) is 8.69. The molecule has 0 N–H and O–H groups in total. The Morgan fingerprint density at radius 3 is 1.88 bits per heavy atom. The SMILES string of the molecule is C=C/C=N\C(=C(C)C)C(/N=C\C)=C(C=C)C=C. The van der Waals surface area contributed by atoms with Crippen LogP contribution in [0.15, 0.2) is 70.5 Å². The molecule has 0 heterocycles. The molecule has 0 aromatic carbocycles. The Morgan fingerprint density at radius 2 is 1.53 bits per heavy atom. The van der Waals surface area contributed by atoms with Gasteiger partial charge in [0.1, 0.15) is 0 Å². The minimum Gasteiger partial charge on any atom is -0.259 e. The second kappa shape index (κ2) is 8.22. The summed E-state index contributed by atoms with van der Waals surface area (Å²) < 4.78 is 0. The van der Waals surface area contributed by atoms with Crippen LogP contribution in [0.3, 0.4) is 0 Å². The Morgan fingerprint density at radius 1 is 0.941 bits per heavy atom. The molecule has 2 nitrogen and oxygen atoms in total. The molecule has 0 saturated carbocycles. The van der Waals surface area contributed by atoms with E-state index in [2.05, 4.69) is 29.7 Å². The zero-order valence-electron chi connectivity index (χ0n) is 10.9. The van der Waals surface area contributed by atoms with Crippen molar-refractivity contribution in [1.82, 2.24) is 0 Å². The first-order valence-electron chi connectivity index (χ1n) is 5.43. The molecule has 0 aromatic rings. The van der Waals surface area contributed by atoms with Crippen LogP contribution in [0.25, 0.3) is 0 Å². The molecule has 0 aromatic heterocycles. The quantitative estimate of drug-likeness (QED) is 0.479. The van der Waals surface area contributed by atoms with Crippen LogP contribution < -0.4 is 0 Å². The van der Waals surface area contributed by atoms with Crippen LogP contribution in [0.5, 0.6) is 0 Å². The molecule has 0 aliphatic carbocycles. The Kier molecular flexibility index (Phi) is 7.27. The summed E-state index contributed by atoms with van der Waals surface area (Å²) in [5.74, 6) is 0. The summed E-state index contributed by atoms with van der Waals surface area (Å²) in [5.41, 5.74) is 3.53. The molecule has 0 bridgehead atoms. The first kappa shape index (κ1) is 15.0. The lowest BCUT2D eigenvalue weighted by Gasteiger charge is -2.08. The van der Waals surface area contributed by atoms with Gasteiger partial charge in [-0.1, -0.05) is 38.0 Å². The van der Waals surface area contributed by atoms with Gasteiger partial charge in [0.15, 0.2) is 0 Å². The Balaban J connectivity index is 5.90. The maximum atomic E-state index is 4.35. The first-order valence-corrected chi connectivity index (χ1v) is 5.43. The van der Waals surface area contributed by atoms with E-state index in [0.717, 1.165) is 22.5 Å². The monoisotopic (exact) mass is 228 g/mol. The number of hydrogen-bond acceptors (Lipinski definition) is 2. The molecule has 17 heavy (non-hydrogen) atoms. The minimum atomic E-state index is 0.774. The Hall–Kier alpha value is -1.96. The average Bonchev–Trinajstić information content (AvgIpc) is 2.30. The molecule has 90 valence electrons. The Bertz CT molecular complexity index is 404. The fraction of sp³-hybridized carbons (Fsp3) is 0.200. The van der Waals surface area contributed by atoms with Gasteiger partial charge in [0.2, 0.25) is 0 Å². The third-order valence-corrected chi connectivity index (χ3v) is 1.98. The van der Waals surface area contributed by atoms with Crippen molar-refractivity contribution in [3.05, 3.63) is 60.5 Å². The second-order valence-corrected chi connectivity index (χ2v) is 3.46. The molecule has 2 heteroatoms. The van der Waals surface area contributed by atoms with Gasteiger partial charge in [-0.25, -0.2) is 0 Å². The lowest BCUT2D eigenvalue weighted by Crippen LogP contribution is -1.92. The summed E-state index contributed by atoms with van der Waals surface area (Å²) in [7, 11) is 0. The van der Waals surface area contributed by atoms with Gasteiger partial charge in [-0.05, 0) is 26.3 Å². The number of hydrogen-bond donors (Lipinski definition) is 0. The largest absolute Gasteiger partial charge is 0.259 e. The van der Waals surface area contributed by atoms with E-state index in [-0.39, 0.29) is 0 Å². The van der Waals surface area contributed by atoms with Gasteiger partial charge in [-0.15, -0.1) is 0 Å². The van der Waals surface area contributed by atoms with Crippen molar-refractivity contribution >= 4 is 12.4 Å². The van der Waals surface area contributed by atoms with Crippen molar-refractivity contribution in [2.75, 3.05) is 0 Å². The molecule has 0 amide bonds. The molecular formula is C15H20N2. The topological polar surface area (TPSA) is 24.7 Å². The molecule has 0 fully saturated rings. The smallest absolute Gasteiger partial charge is 0.0953 e. The first-order chi connectivity index (χ1) is 8.12. The minimum absolute atomic E-state index is 0.774. The number of rotatable bonds is 6. The van der Waals surface area contributed by atoms with Crippen LogP contribution in [0, 0.1) is 0 Å². The van der Waals surface area contributed by atoms with Crippen molar-refractivity contribution in [3.63, 3.8) is 0 Å². The lowest BCUT2D eigenvalue weighted by atomic mass is 10.1. The van der Waals surface area contributed by atoms with Crippen molar-refractivity contribution in [1.29, 1.82) is 0 Å². The van der Waals surface area contributed by atoms with Crippen LogP contribution >= 0.6 is 0 Å². The maximum Gasteiger partial charge on any atom is 0.0953 e. The van der Waals surface area contributed by atoms with Crippen LogP contribution in [0.4, 0.5) is 0 Å². The van der Waals surface area contributed by atoms with Crippen molar-refractivity contribution in [3.8, 4) is 0 Å². The van der Waals surface area contributed by atoms with Gasteiger partial charge >= 0.3 is 0 Å². The van der Waals surface area contributed by atoms with E-state index < -0.39 is 0 Å². The number of nitrogens with zero attached hydrogens (tertiary/aromatic N) is 2. The summed E-state index contributed by atoms with van der Waals surface area (Å²) in [6.45, 7) is 17.0. The van der Waals surface area contributed by atoms with Gasteiger partial charge in [0.05, 0.1) is 11.4 Å². The fourth-order valence-corrected chi connectivity index (χ4v) is 1.23. The fourth-order valence-electron chi connectivity index (χ4n) is 1.23. The predicted molar refractivity (Wildman–Crippen MR) is 78.6 cm³/mol. The van der Waals surface area contributed by atoms with Crippen LogP contribution in [0.1, 0.15) is 20.8 Å². The van der Waals surface area contributed by atoms with Crippen LogP contribution in [-0.2, 0) is 0 Å². The highest BCUT2D eigenvalue weighted by Crippen LogP contribution is 2.22. The maximum absolute atomic E-state index is 4.35. The van der Waals surface area contributed by atoms with Crippen molar-refractivity contribution < 1.29 is 0 Å². The average molecular weight is 228 g/mol. The highest BCUT2D eigenvalue weighted by Gasteiger charge is 2.07. The summed E-state index contributed by atoms with van der Waals surface area (Å²) in [5, 5.41) is 0. The van der Waals surface area contributed by atoms with Crippen molar-refractivity contribution in [2.45, 2.75) is 20.8 Å². The molecule has 0 unspecified atom stereocenters. The second-order valence-electron chi connectivity index (χ2n) is 3.46. The summed E-state index contributed by atoms with van der Waals surface area (Å²) in [6.07, 6.45) is 8.47. The number of aliphatic imine (C=N–C) groups is 2. The normalized spacial score (nSPS) is 10.3. The van der Waals surface area contributed by atoms with Crippen LogP contribution in [0.2, 0.25) is 0 Å². The highest BCUT2D eigenvalue weighted by atomic mass is 14.8. The van der Waals surface area contributed by atoms with E-state index in [1.54, 1.807) is 30.7 Å². The predicted octanol–water partition coefficient (Wildman–Crippen LogP) is 4.25. The van der Waals surface area contributed by atoms with Gasteiger partial charge in [-0.2, -0.15) is 0 Å². The molecule has 0 atom stereocenters. The summed E-state index contributed by atoms with van der Waals surface area (Å²) >= 11 is 0.